The zero-order chi connectivity index (χ0) is 7.61. The van der Waals surface area contributed by atoms with Gasteiger partial charge in [0.15, 0.2) is 0 Å². The summed E-state index contributed by atoms with van der Waals surface area (Å²) in [6.07, 6.45) is 1.23. The lowest BCUT2D eigenvalue weighted by Gasteiger charge is -2.40. The highest BCUT2D eigenvalue weighted by Gasteiger charge is 2.29. The van der Waals surface area contributed by atoms with Crippen molar-refractivity contribution in [1.82, 2.24) is 0 Å². The van der Waals surface area contributed by atoms with Gasteiger partial charge >= 0.3 is 0 Å². The first kappa shape index (κ1) is 8.02. The van der Waals surface area contributed by atoms with Crippen LogP contribution in [0.3, 0.4) is 0 Å². The molecule has 1 rings (SSSR count). The van der Waals surface area contributed by atoms with Crippen molar-refractivity contribution in [2.45, 2.75) is 19.4 Å². The predicted octanol–water partition coefficient (Wildman–Crippen LogP) is 0.872. The van der Waals surface area contributed by atoms with Crippen LogP contribution < -0.4 is 0 Å². The molecular formula is C8H18NO+. The molecule has 1 fully saturated rings. The Morgan fingerprint density at radius 1 is 1.50 bits per heavy atom. The van der Waals surface area contributed by atoms with Gasteiger partial charge in [-0.1, -0.05) is 6.92 Å². The first-order chi connectivity index (χ1) is 4.67. The van der Waals surface area contributed by atoms with E-state index in [-0.39, 0.29) is 0 Å². The second-order valence-electron chi connectivity index (χ2n) is 3.64. The van der Waals surface area contributed by atoms with E-state index in [1.54, 1.807) is 0 Å². The Bertz CT molecular complexity index is 112. The summed E-state index contributed by atoms with van der Waals surface area (Å²) in [7, 11) is 4.58. The quantitative estimate of drug-likeness (QED) is 0.496. The molecule has 1 aliphatic heterocycles. The highest BCUT2D eigenvalue weighted by atomic mass is 16.5. The van der Waals surface area contributed by atoms with E-state index in [1.807, 2.05) is 0 Å². The molecule has 0 saturated carbocycles. The van der Waals surface area contributed by atoms with Crippen LogP contribution in [-0.4, -0.2) is 44.4 Å². The molecule has 0 bridgehead atoms. The number of morpholine rings is 1. The van der Waals surface area contributed by atoms with Gasteiger partial charge in [0.1, 0.15) is 12.6 Å². The van der Waals surface area contributed by atoms with Crippen LogP contribution >= 0.6 is 0 Å². The van der Waals surface area contributed by atoms with E-state index in [0.717, 1.165) is 17.7 Å². The Kier molecular flexibility index (Phi) is 2.32. The lowest BCUT2D eigenvalue weighted by Crippen LogP contribution is -2.55. The molecule has 1 saturated heterocycles. The summed E-state index contributed by atoms with van der Waals surface area (Å²) in [6.45, 7) is 5.28. The first-order valence-corrected chi connectivity index (χ1v) is 4.07. The lowest BCUT2D eigenvalue weighted by molar-refractivity contribution is -0.923. The summed E-state index contributed by atoms with van der Waals surface area (Å²) in [5.41, 5.74) is 0. The molecule has 0 N–H and O–H groups in total. The molecule has 0 aromatic carbocycles. The lowest BCUT2D eigenvalue weighted by atomic mass is 10.1. The topological polar surface area (TPSA) is 9.23 Å². The van der Waals surface area contributed by atoms with Crippen molar-refractivity contribution in [1.29, 1.82) is 0 Å². The molecule has 1 heterocycles. The Morgan fingerprint density at radius 2 is 2.20 bits per heavy atom. The van der Waals surface area contributed by atoms with Gasteiger partial charge in [-0.05, 0) is 6.42 Å². The highest BCUT2D eigenvalue weighted by Crippen LogP contribution is 2.14. The van der Waals surface area contributed by atoms with Crippen molar-refractivity contribution < 1.29 is 9.22 Å². The number of hydrogen-bond donors (Lipinski definition) is 0. The van der Waals surface area contributed by atoms with E-state index in [1.165, 1.54) is 13.0 Å². The summed E-state index contributed by atoms with van der Waals surface area (Å²) in [5, 5.41) is 0. The van der Waals surface area contributed by atoms with Crippen LogP contribution in [0, 0.1) is 0 Å². The molecule has 0 aliphatic carbocycles. The van der Waals surface area contributed by atoms with Crippen molar-refractivity contribution in [3.05, 3.63) is 0 Å². The largest absolute Gasteiger partial charge is 0.369 e. The molecule has 10 heavy (non-hydrogen) atoms. The molecule has 0 aromatic heterocycles. The van der Waals surface area contributed by atoms with Gasteiger partial charge in [0.2, 0.25) is 0 Å². The third kappa shape index (κ3) is 1.50. The third-order valence-corrected chi connectivity index (χ3v) is 2.58. The second-order valence-corrected chi connectivity index (χ2v) is 3.64. The fourth-order valence-corrected chi connectivity index (χ4v) is 1.52. The van der Waals surface area contributed by atoms with Crippen molar-refractivity contribution in [3.63, 3.8) is 0 Å². The number of likely N-dealkylation sites (N-methyl/N-ethyl adjacent to an activating group) is 1. The minimum atomic E-state index is 0.716. The normalized spacial score (nSPS) is 32.1. The fraction of sp³-hybridized carbons (Fsp3) is 1.00. The van der Waals surface area contributed by atoms with Crippen molar-refractivity contribution in [2.24, 2.45) is 0 Å². The smallest absolute Gasteiger partial charge is 0.112 e. The van der Waals surface area contributed by atoms with Crippen molar-refractivity contribution in [2.75, 3.05) is 33.9 Å². The second kappa shape index (κ2) is 2.89. The predicted molar refractivity (Wildman–Crippen MR) is 41.9 cm³/mol. The summed E-state index contributed by atoms with van der Waals surface area (Å²) < 4.78 is 6.53. The van der Waals surface area contributed by atoms with Crippen LogP contribution in [0.5, 0.6) is 0 Å². The third-order valence-electron chi connectivity index (χ3n) is 2.58. The first-order valence-electron chi connectivity index (χ1n) is 4.07. The van der Waals surface area contributed by atoms with E-state index < -0.39 is 0 Å². The monoisotopic (exact) mass is 144 g/mol. The van der Waals surface area contributed by atoms with E-state index in [4.69, 9.17) is 4.74 Å². The molecule has 0 spiro atoms. The van der Waals surface area contributed by atoms with Gasteiger partial charge in [0.25, 0.3) is 0 Å². The number of nitrogens with zero attached hydrogens (tertiary/aromatic N) is 1. The number of rotatable bonds is 1. The van der Waals surface area contributed by atoms with Crippen LogP contribution in [0.25, 0.3) is 0 Å². The van der Waals surface area contributed by atoms with Gasteiger partial charge in [-0.2, -0.15) is 0 Å². The molecule has 2 nitrogen and oxygen atoms in total. The van der Waals surface area contributed by atoms with E-state index >= 15 is 0 Å². The van der Waals surface area contributed by atoms with E-state index in [0.29, 0.717) is 6.04 Å². The van der Waals surface area contributed by atoms with Crippen LogP contribution in [0.15, 0.2) is 0 Å². The number of hydrogen-bond acceptors (Lipinski definition) is 1. The van der Waals surface area contributed by atoms with Gasteiger partial charge in [0, 0.05) is 0 Å². The maximum atomic E-state index is 5.39. The molecule has 0 radical (unpaired) electrons. The van der Waals surface area contributed by atoms with Gasteiger partial charge in [-0.15, -0.1) is 0 Å². The van der Waals surface area contributed by atoms with Crippen LogP contribution in [0.2, 0.25) is 0 Å². The van der Waals surface area contributed by atoms with Gasteiger partial charge in [0.05, 0.1) is 27.3 Å². The maximum Gasteiger partial charge on any atom is 0.112 e. The SMILES string of the molecule is CCC1COCC[N+]1(C)C. The Morgan fingerprint density at radius 3 is 2.60 bits per heavy atom. The molecule has 1 unspecified atom stereocenters. The van der Waals surface area contributed by atoms with Gasteiger partial charge in [-0.3, -0.25) is 0 Å². The fourth-order valence-electron chi connectivity index (χ4n) is 1.52. The van der Waals surface area contributed by atoms with E-state index in [9.17, 15) is 0 Å². The van der Waals surface area contributed by atoms with Gasteiger partial charge in [-0.25, -0.2) is 0 Å². The Hall–Kier alpha value is -0.0800. The summed E-state index contributed by atoms with van der Waals surface area (Å²) in [4.78, 5) is 0. The molecule has 2 heteroatoms. The minimum absolute atomic E-state index is 0.716. The standard InChI is InChI=1S/C8H18NO/c1-4-8-7-10-6-5-9(8,2)3/h8H,4-7H2,1-3H3/q+1. The minimum Gasteiger partial charge on any atom is -0.369 e. The van der Waals surface area contributed by atoms with Crippen LogP contribution in [0.1, 0.15) is 13.3 Å². The molecule has 1 aliphatic rings. The zero-order valence-corrected chi connectivity index (χ0v) is 7.26. The summed E-state index contributed by atoms with van der Waals surface area (Å²) >= 11 is 0. The highest BCUT2D eigenvalue weighted by molar-refractivity contribution is 4.58. The average Bonchev–Trinajstić information content (AvgIpc) is 1.87. The molecule has 1 atom stereocenters. The van der Waals surface area contributed by atoms with Crippen LogP contribution in [-0.2, 0) is 4.74 Å². The Labute approximate surface area is 63.4 Å². The van der Waals surface area contributed by atoms with Gasteiger partial charge < -0.3 is 9.22 Å². The molecule has 60 valence electrons. The van der Waals surface area contributed by atoms with E-state index in [2.05, 4.69) is 21.0 Å². The molecular weight excluding hydrogens is 126 g/mol. The Balaban J connectivity index is 2.51. The molecule has 0 amide bonds. The van der Waals surface area contributed by atoms with Crippen LogP contribution in [0.4, 0.5) is 0 Å². The number of quaternary nitrogens is 1. The zero-order valence-electron chi connectivity index (χ0n) is 7.26. The van der Waals surface area contributed by atoms with Crippen molar-refractivity contribution >= 4 is 0 Å². The molecule has 0 aromatic rings. The maximum absolute atomic E-state index is 5.39. The summed E-state index contributed by atoms with van der Waals surface area (Å²) in [6, 6.07) is 0.716. The number of ether oxygens (including phenoxy) is 1. The van der Waals surface area contributed by atoms with Crippen molar-refractivity contribution in [3.8, 4) is 0 Å². The average molecular weight is 144 g/mol. The summed E-state index contributed by atoms with van der Waals surface area (Å²) in [5.74, 6) is 0.